The lowest BCUT2D eigenvalue weighted by Crippen LogP contribution is -2.45. The highest BCUT2D eigenvalue weighted by molar-refractivity contribution is 5.99. The van der Waals surface area contributed by atoms with Gasteiger partial charge in [-0.1, -0.05) is 0 Å². The third kappa shape index (κ3) is 2.85. The zero-order chi connectivity index (χ0) is 21.2. The number of carboxylic acid groups (broad SMARTS) is 1. The molecular formula is C19H21F3N4O3. The van der Waals surface area contributed by atoms with Gasteiger partial charge in [0.25, 0.3) is 0 Å². The molecular weight excluding hydrogens is 389 g/mol. The summed E-state index contributed by atoms with van der Waals surface area (Å²) >= 11 is 0. The SMILES string of the molecule is CC1(N)CN(c2c(F)c(N)c3c(=O)c(C(=O)O)cn(C4CC4)c3c2F)CC1CF. The van der Waals surface area contributed by atoms with Crippen molar-refractivity contribution < 1.29 is 23.1 Å². The van der Waals surface area contributed by atoms with Crippen molar-refractivity contribution in [2.45, 2.75) is 31.3 Å². The Hall–Kier alpha value is -2.75. The average Bonchev–Trinajstić information content (AvgIpc) is 3.43. The molecule has 1 aromatic heterocycles. The van der Waals surface area contributed by atoms with Gasteiger partial charge < -0.3 is 26.0 Å². The maximum Gasteiger partial charge on any atom is 0.341 e. The molecule has 0 bridgehead atoms. The van der Waals surface area contributed by atoms with E-state index in [-0.39, 0.29) is 24.6 Å². The number of pyridine rings is 1. The number of carbonyl (C=O) groups is 1. The lowest BCUT2D eigenvalue weighted by molar-refractivity contribution is 0.0695. The van der Waals surface area contributed by atoms with Gasteiger partial charge in [-0.3, -0.25) is 9.18 Å². The number of alkyl halides is 1. The number of nitrogens with two attached hydrogens (primary N) is 2. The number of benzene rings is 1. The normalized spacial score (nSPS) is 24.4. The van der Waals surface area contributed by atoms with Crippen LogP contribution in [0, 0.1) is 17.6 Å². The van der Waals surface area contributed by atoms with Crippen LogP contribution in [-0.2, 0) is 0 Å². The summed E-state index contributed by atoms with van der Waals surface area (Å²) in [4.78, 5) is 25.4. The summed E-state index contributed by atoms with van der Waals surface area (Å²) in [7, 11) is 0. The van der Waals surface area contributed by atoms with Crippen LogP contribution in [0.15, 0.2) is 11.0 Å². The van der Waals surface area contributed by atoms with E-state index in [1.165, 1.54) is 9.47 Å². The second-order valence-corrected chi connectivity index (χ2v) is 8.17. The molecule has 2 fully saturated rings. The quantitative estimate of drug-likeness (QED) is 0.665. The minimum Gasteiger partial charge on any atom is -0.477 e. The molecule has 156 valence electrons. The minimum atomic E-state index is -1.50. The molecule has 2 unspecified atom stereocenters. The first-order valence-corrected chi connectivity index (χ1v) is 9.26. The number of hydrogen-bond acceptors (Lipinski definition) is 5. The molecule has 0 amide bonds. The molecule has 1 saturated carbocycles. The molecule has 7 nitrogen and oxygen atoms in total. The van der Waals surface area contributed by atoms with Crippen molar-refractivity contribution in [3.8, 4) is 0 Å². The number of rotatable bonds is 4. The molecule has 0 spiro atoms. The van der Waals surface area contributed by atoms with Crippen LogP contribution < -0.4 is 21.8 Å². The van der Waals surface area contributed by atoms with E-state index in [1.54, 1.807) is 6.92 Å². The zero-order valence-corrected chi connectivity index (χ0v) is 15.7. The number of aromatic nitrogens is 1. The average molecular weight is 410 g/mol. The van der Waals surface area contributed by atoms with Gasteiger partial charge in [0.1, 0.15) is 11.3 Å². The van der Waals surface area contributed by atoms with E-state index in [4.69, 9.17) is 11.5 Å². The van der Waals surface area contributed by atoms with Gasteiger partial charge in [0, 0.05) is 36.8 Å². The first kappa shape index (κ1) is 19.6. The molecule has 4 rings (SSSR count). The number of nitrogens with zero attached hydrogens (tertiary/aromatic N) is 2. The topological polar surface area (TPSA) is 115 Å². The highest BCUT2D eigenvalue weighted by Crippen LogP contribution is 2.43. The minimum absolute atomic E-state index is 0.00123. The van der Waals surface area contributed by atoms with Crippen LogP contribution in [0.1, 0.15) is 36.2 Å². The van der Waals surface area contributed by atoms with E-state index in [0.717, 1.165) is 6.20 Å². The molecule has 2 atom stereocenters. The number of carboxylic acids is 1. The number of halogens is 3. The third-order valence-electron chi connectivity index (χ3n) is 5.94. The molecule has 1 saturated heterocycles. The molecule has 5 N–H and O–H groups in total. The van der Waals surface area contributed by atoms with Crippen LogP contribution >= 0.6 is 0 Å². The number of hydrogen-bond donors (Lipinski definition) is 3. The van der Waals surface area contributed by atoms with Gasteiger partial charge in [-0.15, -0.1) is 0 Å². The van der Waals surface area contributed by atoms with Crippen LogP contribution in [0.4, 0.5) is 24.5 Å². The third-order valence-corrected chi connectivity index (χ3v) is 5.94. The van der Waals surface area contributed by atoms with Gasteiger partial charge in [-0.25, -0.2) is 13.6 Å². The summed E-state index contributed by atoms with van der Waals surface area (Å²) in [5, 5.41) is 8.83. The number of aromatic carboxylic acids is 1. The molecule has 2 aromatic rings. The van der Waals surface area contributed by atoms with Gasteiger partial charge in [0.05, 0.1) is 23.3 Å². The standard InChI is InChI=1S/C19H21F3N4O3/c1-19(24)7-25(5-8(19)4-20)16-12(21)14(23)11-15(13(16)22)26(9-2-3-9)6-10(17(11)27)18(28)29/h6,8-9H,2-5,7,23-24H2,1H3,(H,28,29). The van der Waals surface area contributed by atoms with Crippen molar-refractivity contribution in [1.82, 2.24) is 4.57 Å². The van der Waals surface area contributed by atoms with Gasteiger partial charge in [-0.2, -0.15) is 0 Å². The van der Waals surface area contributed by atoms with E-state index in [0.29, 0.717) is 12.8 Å². The fourth-order valence-electron chi connectivity index (χ4n) is 4.10. The molecule has 1 aliphatic carbocycles. The molecule has 10 heteroatoms. The van der Waals surface area contributed by atoms with Crippen LogP contribution in [0.2, 0.25) is 0 Å². The Labute approximate surface area is 163 Å². The summed E-state index contributed by atoms with van der Waals surface area (Å²) in [5.41, 5.74) is 7.99. The van der Waals surface area contributed by atoms with Crippen molar-refractivity contribution in [2.24, 2.45) is 11.7 Å². The predicted octanol–water partition coefficient (Wildman–Crippen LogP) is 2.02. The largest absolute Gasteiger partial charge is 0.477 e. The Kier molecular flexibility index (Phi) is 4.30. The monoisotopic (exact) mass is 410 g/mol. The molecule has 1 aromatic carbocycles. The van der Waals surface area contributed by atoms with Crippen molar-refractivity contribution in [3.63, 3.8) is 0 Å². The Balaban J connectivity index is 2.02. The maximum absolute atomic E-state index is 15.6. The Morgan fingerprint density at radius 3 is 2.52 bits per heavy atom. The highest BCUT2D eigenvalue weighted by Gasteiger charge is 2.43. The number of nitrogen functional groups attached to an aromatic ring is 1. The van der Waals surface area contributed by atoms with Crippen molar-refractivity contribution in [1.29, 1.82) is 0 Å². The van der Waals surface area contributed by atoms with E-state index in [1.807, 2.05) is 0 Å². The Morgan fingerprint density at radius 1 is 1.34 bits per heavy atom. The summed E-state index contributed by atoms with van der Waals surface area (Å²) in [6.07, 6.45) is 2.41. The lowest BCUT2D eigenvalue weighted by atomic mass is 9.92. The maximum atomic E-state index is 15.6. The van der Waals surface area contributed by atoms with Gasteiger partial charge in [0.2, 0.25) is 5.43 Å². The van der Waals surface area contributed by atoms with Gasteiger partial charge in [-0.05, 0) is 19.8 Å². The van der Waals surface area contributed by atoms with Crippen molar-refractivity contribution in [2.75, 3.05) is 30.4 Å². The summed E-state index contributed by atoms with van der Waals surface area (Å²) in [6.45, 7) is 0.853. The zero-order valence-electron chi connectivity index (χ0n) is 15.7. The second kappa shape index (κ2) is 6.38. The van der Waals surface area contributed by atoms with Crippen molar-refractivity contribution in [3.05, 3.63) is 33.6 Å². The Bertz CT molecular complexity index is 1090. The number of anilines is 2. The Morgan fingerprint density at radius 2 is 2.00 bits per heavy atom. The van der Waals surface area contributed by atoms with Crippen LogP contribution in [0.5, 0.6) is 0 Å². The molecule has 1 aliphatic heterocycles. The van der Waals surface area contributed by atoms with Crippen LogP contribution in [0.3, 0.4) is 0 Å². The van der Waals surface area contributed by atoms with Crippen LogP contribution in [-0.4, -0.2) is 40.9 Å². The van der Waals surface area contributed by atoms with Crippen LogP contribution in [0.25, 0.3) is 10.9 Å². The predicted molar refractivity (Wildman–Crippen MR) is 102 cm³/mol. The summed E-state index contributed by atoms with van der Waals surface area (Å²) < 4.78 is 45.5. The first-order valence-electron chi connectivity index (χ1n) is 9.26. The fourth-order valence-corrected chi connectivity index (χ4v) is 4.10. The number of fused-ring (bicyclic) bond motifs is 1. The summed E-state index contributed by atoms with van der Waals surface area (Å²) in [6, 6.07) is -0.208. The molecule has 0 radical (unpaired) electrons. The first-order chi connectivity index (χ1) is 13.6. The molecule has 2 aliphatic rings. The fraction of sp³-hybridized carbons (Fsp3) is 0.474. The summed E-state index contributed by atoms with van der Waals surface area (Å²) in [5.74, 6) is -4.33. The van der Waals surface area contributed by atoms with Gasteiger partial charge >= 0.3 is 5.97 Å². The molecule has 29 heavy (non-hydrogen) atoms. The smallest absolute Gasteiger partial charge is 0.341 e. The molecule has 2 heterocycles. The van der Waals surface area contributed by atoms with E-state index in [9.17, 15) is 19.1 Å². The lowest BCUT2D eigenvalue weighted by Gasteiger charge is -2.25. The van der Waals surface area contributed by atoms with E-state index >= 15 is 8.78 Å². The van der Waals surface area contributed by atoms with E-state index < -0.39 is 63.5 Å². The van der Waals surface area contributed by atoms with E-state index in [2.05, 4.69) is 0 Å². The van der Waals surface area contributed by atoms with Gasteiger partial charge in [0.15, 0.2) is 11.6 Å². The van der Waals surface area contributed by atoms with Crippen molar-refractivity contribution >= 4 is 28.2 Å². The highest BCUT2D eigenvalue weighted by atomic mass is 19.1. The second-order valence-electron chi connectivity index (χ2n) is 8.17.